The molecule has 1 aromatic carbocycles. The van der Waals surface area contributed by atoms with E-state index in [2.05, 4.69) is 0 Å². The lowest BCUT2D eigenvalue weighted by Crippen LogP contribution is -2.33. The smallest absolute Gasteiger partial charge is 0.228 e. The zero-order chi connectivity index (χ0) is 16.7. The number of nitrogens with zero attached hydrogens (tertiary/aromatic N) is 1. The molecule has 0 spiro atoms. The van der Waals surface area contributed by atoms with E-state index in [1.54, 1.807) is 26.0 Å². The van der Waals surface area contributed by atoms with Gasteiger partial charge in [-0.05, 0) is 26.0 Å². The van der Waals surface area contributed by atoms with Crippen LogP contribution < -0.4 is 10.0 Å². The predicted octanol–water partition coefficient (Wildman–Crippen LogP) is 0.263. The average molecular weight is 346 g/mol. The van der Waals surface area contributed by atoms with E-state index < -0.39 is 36.3 Å². The van der Waals surface area contributed by atoms with Crippen molar-refractivity contribution in [1.29, 1.82) is 0 Å². The van der Waals surface area contributed by atoms with Gasteiger partial charge in [-0.2, -0.15) is 0 Å². The molecule has 1 saturated heterocycles. The predicted molar refractivity (Wildman–Crippen MR) is 82.6 cm³/mol. The van der Waals surface area contributed by atoms with Crippen molar-refractivity contribution in [3.05, 3.63) is 24.3 Å². The van der Waals surface area contributed by atoms with Crippen molar-refractivity contribution in [1.82, 2.24) is 0 Å². The maximum absolute atomic E-state index is 12.4. The molecule has 1 amide bonds. The number of amides is 1. The first-order valence-corrected chi connectivity index (χ1v) is 9.85. The topological polar surface area (TPSA) is 115 Å². The van der Waals surface area contributed by atoms with E-state index in [1.807, 2.05) is 0 Å². The van der Waals surface area contributed by atoms with Crippen LogP contribution in [0, 0.1) is 0 Å². The van der Waals surface area contributed by atoms with Crippen LogP contribution in [-0.2, 0) is 24.7 Å². The second kappa shape index (κ2) is 5.64. The number of hydrogen-bond donors (Lipinski definition) is 1. The quantitative estimate of drug-likeness (QED) is 0.840. The number of carbonyl (C=O) groups is 1. The van der Waals surface area contributed by atoms with Crippen LogP contribution in [0.15, 0.2) is 29.2 Å². The first-order valence-electron chi connectivity index (χ1n) is 6.70. The summed E-state index contributed by atoms with van der Waals surface area (Å²) in [7, 11) is -7.45. The van der Waals surface area contributed by atoms with Crippen molar-refractivity contribution in [2.75, 3.05) is 11.4 Å². The summed E-state index contributed by atoms with van der Waals surface area (Å²) >= 11 is 0. The summed E-state index contributed by atoms with van der Waals surface area (Å²) in [6.07, 6.45) is -0.241. The number of primary sulfonamides is 1. The Balaban J connectivity index is 2.50. The van der Waals surface area contributed by atoms with Crippen LogP contribution >= 0.6 is 0 Å². The normalized spacial score (nSPS) is 19.9. The molecule has 0 radical (unpaired) electrons. The summed E-state index contributed by atoms with van der Waals surface area (Å²) in [6.45, 7) is 2.96. The molecule has 1 atom stereocenters. The molecular formula is C13H18N2O5S2. The largest absolute Gasteiger partial charge is 0.310 e. The van der Waals surface area contributed by atoms with E-state index in [0.29, 0.717) is 0 Å². The zero-order valence-electron chi connectivity index (χ0n) is 12.3. The lowest BCUT2D eigenvalue weighted by molar-refractivity contribution is -0.117. The molecule has 0 aliphatic carbocycles. The molecule has 0 bridgehead atoms. The minimum atomic E-state index is -3.85. The Bertz CT molecular complexity index is 799. The summed E-state index contributed by atoms with van der Waals surface area (Å²) in [6, 6.07) is 6.09. The summed E-state index contributed by atoms with van der Waals surface area (Å²) in [4.78, 5) is 13.3. The van der Waals surface area contributed by atoms with Crippen LogP contribution in [0.25, 0.3) is 0 Å². The number of hydrogen-bond acceptors (Lipinski definition) is 5. The summed E-state index contributed by atoms with van der Waals surface area (Å²) in [5.41, 5.74) is 0.201. The summed E-state index contributed by atoms with van der Waals surface area (Å²) in [5.74, 6) is -0.453. The SMILES string of the molecule is CC(C)S(=O)(=O)c1ccccc1N1CC(S(N)(=O)=O)CC1=O. The van der Waals surface area contributed by atoms with Gasteiger partial charge in [0.2, 0.25) is 15.9 Å². The van der Waals surface area contributed by atoms with Gasteiger partial charge in [0.1, 0.15) is 5.25 Å². The highest BCUT2D eigenvalue weighted by atomic mass is 32.2. The molecule has 1 unspecified atom stereocenters. The van der Waals surface area contributed by atoms with Crippen LogP contribution in [0.3, 0.4) is 0 Å². The summed E-state index contributed by atoms with van der Waals surface area (Å²) < 4.78 is 47.7. The minimum absolute atomic E-state index is 0.0217. The van der Waals surface area contributed by atoms with Gasteiger partial charge in [-0.15, -0.1) is 0 Å². The monoisotopic (exact) mass is 346 g/mol. The molecular weight excluding hydrogens is 328 g/mol. The van der Waals surface area contributed by atoms with Gasteiger partial charge in [0.15, 0.2) is 9.84 Å². The van der Waals surface area contributed by atoms with Gasteiger partial charge < -0.3 is 4.90 Å². The summed E-state index contributed by atoms with van der Waals surface area (Å²) in [5, 5.41) is 3.42. The first kappa shape index (κ1) is 16.9. The van der Waals surface area contributed by atoms with Crippen molar-refractivity contribution >= 4 is 31.5 Å². The molecule has 9 heteroatoms. The van der Waals surface area contributed by atoms with Gasteiger partial charge in [0.25, 0.3) is 0 Å². The third-order valence-electron chi connectivity index (χ3n) is 3.64. The Kier molecular flexibility index (Phi) is 4.33. The Labute approximate surface area is 130 Å². The van der Waals surface area contributed by atoms with Crippen molar-refractivity contribution < 1.29 is 21.6 Å². The third-order valence-corrected chi connectivity index (χ3v) is 7.08. The maximum Gasteiger partial charge on any atom is 0.228 e. The lowest BCUT2D eigenvalue weighted by Gasteiger charge is -2.21. The number of anilines is 1. The Morgan fingerprint density at radius 1 is 1.18 bits per heavy atom. The van der Waals surface area contributed by atoms with E-state index in [9.17, 15) is 21.6 Å². The van der Waals surface area contributed by atoms with Gasteiger partial charge in [-0.25, -0.2) is 22.0 Å². The second-order valence-corrected chi connectivity index (χ2v) is 9.80. The standard InChI is InChI=1S/C13H18N2O5S2/c1-9(2)21(17,18)12-6-4-3-5-11(12)15-8-10(7-13(15)16)22(14,19)20/h3-6,9-10H,7-8H2,1-2H3,(H2,14,19,20). The number of rotatable bonds is 4. The van der Waals surface area contributed by atoms with Gasteiger partial charge in [0.05, 0.1) is 15.8 Å². The van der Waals surface area contributed by atoms with Crippen LogP contribution in [0.1, 0.15) is 20.3 Å². The van der Waals surface area contributed by atoms with Crippen molar-refractivity contribution in [3.8, 4) is 0 Å². The minimum Gasteiger partial charge on any atom is -0.310 e. The van der Waals surface area contributed by atoms with Crippen molar-refractivity contribution in [2.45, 2.75) is 35.7 Å². The molecule has 1 fully saturated rings. The molecule has 1 heterocycles. The fourth-order valence-corrected chi connectivity index (χ4v) is 4.28. The highest BCUT2D eigenvalue weighted by Gasteiger charge is 2.39. The van der Waals surface area contributed by atoms with Gasteiger partial charge >= 0.3 is 0 Å². The van der Waals surface area contributed by atoms with E-state index in [-0.39, 0.29) is 23.5 Å². The first-order chi connectivity index (χ1) is 10.0. The Morgan fingerprint density at radius 3 is 2.27 bits per heavy atom. The number of carbonyl (C=O) groups excluding carboxylic acids is 1. The molecule has 1 aliphatic heterocycles. The number of sulfonamides is 1. The fraction of sp³-hybridized carbons (Fsp3) is 0.462. The number of para-hydroxylation sites is 1. The molecule has 1 aliphatic rings. The highest BCUT2D eigenvalue weighted by molar-refractivity contribution is 7.92. The lowest BCUT2D eigenvalue weighted by atomic mass is 10.3. The molecule has 122 valence electrons. The Hall–Kier alpha value is -1.45. The van der Waals surface area contributed by atoms with Crippen LogP contribution in [0.5, 0.6) is 0 Å². The van der Waals surface area contributed by atoms with Gasteiger partial charge in [0, 0.05) is 13.0 Å². The number of sulfone groups is 1. The average Bonchev–Trinajstić information content (AvgIpc) is 2.80. The molecule has 7 nitrogen and oxygen atoms in total. The van der Waals surface area contributed by atoms with Crippen molar-refractivity contribution in [2.24, 2.45) is 5.14 Å². The second-order valence-electron chi connectivity index (χ2n) is 5.48. The van der Waals surface area contributed by atoms with E-state index in [0.717, 1.165) is 0 Å². The Morgan fingerprint density at radius 2 is 1.77 bits per heavy atom. The van der Waals surface area contributed by atoms with Crippen LogP contribution in [0.2, 0.25) is 0 Å². The molecule has 0 aromatic heterocycles. The van der Waals surface area contributed by atoms with E-state index in [4.69, 9.17) is 5.14 Å². The van der Waals surface area contributed by atoms with Crippen molar-refractivity contribution in [3.63, 3.8) is 0 Å². The van der Waals surface area contributed by atoms with Crippen LogP contribution in [-0.4, -0.2) is 39.8 Å². The van der Waals surface area contributed by atoms with Gasteiger partial charge in [-0.1, -0.05) is 12.1 Å². The molecule has 0 saturated carbocycles. The molecule has 2 rings (SSSR count). The van der Waals surface area contributed by atoms with Gasteiger partial charge in [-0.3, -0.25) is 4.79 Å². The maximum atomic E-state index is 12.4. The molecule has 22 heavy (non-hydrogen) atoms. The highest BCUT2D eigenvalue weighted by Crippen LogP contribution is 2.32. The third kappa shape index (κ3) is 3.01. The number of nitrogens with two attached hydrogens (primary N) is 1. The number of benzene rings is 1. The zero-order valence-corrected chi connectivity index (χ0v) is 13.9. The molecule has 2 N–H and O–H groups in total. The van der Waals surface area contributed by atoms with Crippen LogP contribution in [0.4, 0.5) is 5.69 Å². The fourth-order valence-electron chi connectivity index (χ4n) is 2.30. The van der Waals surface area contributed by atoms with E-state index in [1.165, 1.54) is 17.0 Å². The molecule has 1 aromatic rings. The van der Waals surface area contributed by atoms with E-state index >= 15 is 0 Å².